The van der Waals surface area contributed by atoms with Gasteiger partial charge in [0.05, 0.1) is 13.2 Å². The molecule has 0 atom stereocenters. The van der Waals surface area contributed by atoms with Crippen molar-refractivity contribution in [1.29, 1.82) is 0 Å². The van der Waals surface area contributed by atoms with E-state index in [4.69, 9.17) is 15.2 Å². The highest BCUT2D eigenvalue weighted by Crippen LogP contribution is 2.28. The van der Waals surface area contributed by atoms with Crippen LogP contribution in [0.25, 0.3) is 0 Å². The van der Waals surface area contributed by atoms with Crippen LogP contribution in [-0.2, 0) is 58.4 Å². The number of urea groups is 2. The zero-order valence-corrected chi connectivity index (χ0v) is 61.2. The summed E-state index contributed by atoms with van der Waals surface area (Å²) in [6.45, 7) is 13.5. The molecule has 0 saturated carbocycles. The third-order valence-corrected chi connectivity index (χ3v) is 17.7. The molecular weight excluding hydrogens is 1450 g/mol. The molecule has 109 heavy (non-hydrogen) atoms. The molecule has 0 aliphatic carbocycles. The molecule has 4 saturated heterocycles. The number of amides is 7. The number of likely N-dealkylation sites (tertiary alicyclic amines) is 3. The molecule has 4 fully saturated rings. The molecule has 6 aromatic rings. The van der Waals surface area contributed by atoms with Crippen molar-refractivity contribution in [3.05, 3.63) is 202 Å². The van der Waals surface area contributed by atoms with Crippen LogP contribution >= 0.6 is 0 Å². The molecule has 4 aliphatic heterocycles. The predicted octanol–water partition coefficient (Wildman–Crippen LogP) is 13.9. The number of nitrogens with one attached hydrogen (secondary N) is 4. The molecule has 4 heterocycles. The van der Waals surface area contributed by atoms with Gasteiger partial charge in [-0.25, -0.2) is 27.2 Å². The molecule has 31 heteroatoms. The third-order valence-electron chi connectivity index (χ3n) is 17.7. The van der Waals surface area contributed by atoms with E-state index in [1.807, 2.05) is 53.4 Å². The monoisotopic (exact) mass is 1550 g/mol. The molecule has 10 rings (SSSR count). The Bertz CT molecular complexity index is 3730. The Balaban J connectivity index is 0.000000228. The lowest BCUT2D eigenvalue weighted by Gasteiger charge is -2.38. The summed E-state index contributed by atoms with van der Waals surface area (Å²) in [4.78, 5) is 75.8. The molecule has 4 aliphatic rings. The van der Waals surface area contributed by atoms with Gasteiger partial charge in [0, 0.05) is 110 Å². The Morgan fingerprint density at radius 1 is 0.440 bits per heavy atom. The van der Waals surface area contributed by atoms with E-state index in [-0.39, 0.29) is 131 Å². The number of carbonyl (C=O) groups excluding carboxylic acids is 6. The number of hydrogen-bond donors (Lipinski definition) is 5. The third kappa shape index (κ3) is 31.9. The summed E-state index contributed by atoms with van der Waals surface area (Å²) < 4.78 is 174. The molecule has 6 aromatic carbocycles. The summed E-state index contributed by atoms with van der Waals surface area (Å²) in [5, 5.41) is 12.5. The molecule has 0 spiro atoms. The second-order valence-electron chi connectivity index (χ2n) is 27.3. The molecular formula is C78H95F13N10O8. The number of halogens is 13. The van der Waals surface area contributed by atoms with Crippen molar-refractivity contribution >= 4 is 35.6 Å². The number of benzene rings is 6. The van der Waals surface area contributed by atoms with Crippen LogP contribution in [0.3, 0.4) is 0 Å². The average Bonchev–Trinajstić information content (AvgIpc) is 0.830. The van der Waals surface area contributed by atoms with E-state index in [0.717, 1.165) is 75.0 Å². The number of nitrogens with zero attached hydrogens (tertiary/aromatic N) is 5. The van der Waals surface area contributed by atoms with Crippen molar-refractivity contribution in [2.24, 2.45) is 17.6 Å². The van der Waals surface area contributed by atoms with Gasteiger partial charge in [0.2, 0.25) is 0 Å². The topological polar surface area (TPSA) is 211 Å². The van der Waals surface area contributed by atoms with Crippen LogP contribution in [0.1, 0.15) is 112 Å². The number of rotatable bonds is 20. The lowest BCUT2D eigenvalue weighted by Crippen LogP contribution is -2.52. The van der Waals surface area contributed by atoms with Gasteiger partial charge < -0.3 is 61.0 Å². The van der Waals surface area contributed by atoms with Gasteiger partial charge in [-0.2, -0.15) is 39.5 Å². The number of carbonyl (C=O) groups is 6. The summed E-state index contributed by atoms with van der Waals surface area (Å²) in [5.41, 5.74) is 10.6. The fourth-order valence-electron chi connectivity index (χ4n) is 11.6. The maximum absolute atomic E-state index is 13.3. The van der Waals surface area contributed by atoms with Gasteiger partial charge in [-0.15, -0.1) is 0 Å². The number of hydrogen-bond acceptors (Lipinski definition) is 11. The SMILES string of the molecule is CC(C)COc1ccc(CNC(=O)N(Cc2ccc(F)cc2)C2CCN(C(=O)C(F)(F)F)CC2)cc1.CC(C)COc1ccc(CNC(=O)N(Cc2ccc(F)cc2)C2CCNCC2)cc1.NCc1ccc(F)cc1.O=C(N1CCC(NCc2ccc(F)cc2)CC1)C(F)(F)F.O=C1CCN(C(=O)C(F)(F)F)CC1. The minimum Gasteiger partial charge on any atom is -0.493 e. The van der Waals surface area contributed by atoms with Crippen molar-refractivity contribution in [2.75, 3.05) is 65.6 Å². The number of nitrogens with two attached hydrogens (primary N) is 1. The highest BCUT2D eigenvalue weighted by atomic mass is 19.4. The average molecular weight is 1550 g/mol. The fraction of sp³-hybridized carbons (Fsp3) is 0.462. The fourth-order valence-corrected chi connectivity index (χ4v) is 11.6. The van der Waals surface area contributed by atoms with E-state index in [0.29, 0.717) is 74.5 Å². The van der Waals surface area contributed by atoms with E-state index >= 15 is 0 Å². The Morgan fingerprint density at radius 2 is 0.743 bits per heavy atom. The van der Waals surface area contributed by atoms with Crippen LogP contribution in [0.4, 0.5) is 66.7 Å². The highest BCUT2D eigenvalue weighted by molar-refractivity contribution is 5.86. The van der Waals surface area contributed by atoms with E-state index in [1.165, 1.54) is 48.5 Å². The first kappa shape index (κ1) is 88.4. The molecule has 18 nitrogen and oxygen atoms in total. The van der Waals surface area contributed by atoms with Gasteiger partial charge in [0.1, 0.15) is 40.6 Å². The van der Waals surface area contributed by atoms with Crippen LogP contribution in [0.15, 0.2) is 146 Å². The summed E-state index contributed by atoms with van der Waals surface area (Å²) in [5.74, 6) is -4.32. The standard InChI is InChI=1S/C26H31F4N3O3.C24H32FN3O2.C14H16F4N2O.C7H8F3NO2.C7H8FN/c1-18(2)17-36-23-9-5-19(6-10-23)15-31-25(35)33(16-20-3-7-21(27)8-4-20)22-11-13-32(14-12-22)24(34)26(28,29)30;1-18(2)17-30-23-9-5-19(6-10-23)15-27-24(29)28(22-11-13-26-14-12-22)16-20-3-7-21(25)8-4-20;15-11-3-1-10(2-4-11)9-19-12-5-7-20(8-6-12)13(21)14(16,17)18;8-7(9,10)6(13)11-3-1-5(12)2-4-11;8-7-3-1-6(5-9)2-4-7/h3-10,18,22H,11-17H2,1-2H3,(H,31,35);3-10,18,22,26H,11-17H2,1-2H3,(H,27,29);1-4,12,19H,5-9H2;1-4H2;1-4H,5,9H2. The van der Waals surface area contributed by atoms with Gasteiger partial charge in [-0.3, -0.25) is 19.2 Å². The van der Waals surface area contributed by atoms with Gasteiger partial charge in [0.25, 0.3) is 0 Å². The number of ketones is 1. The zero-order chi connectivity index (χ0) is 79.8. The molecule has 7 amide bonds. The minimum atomic E-state index is -4.92. The van der Waals surface area contributed by atoms with E-state index in [2.05, 4.69) is 49.0 Å². The van der Waals surface area contributed by atoms with Crippen molar-refractivity contribution < 1.29 is 95.3 Å². The second kappa shape index (κ2) is 43.6. The van der Waals surface area contributed by atoms with Crippen LogP contribution in [0, 0.1) is 35.1 Å². The predicted molar refractivity (Wildman–Crippen MR) is 384 cm³/mol. The Hall–Kier alpha value is -9.49. The highest BCUT2D eigenvalue weighted by Gasteiger charge is 2.46. The molecule has 0 unspecified atom stereocenters. The molecule has 0 radical (unpaired) electrons. The number of piperidine rings is 4. The first-order valence-corrected chi connectivity index (χ1v) is 35.9. The quantitative estimate of drug-likeness (QED) is 0.0454. The number of Topliss-reactive ketones (excluding diaryl/α,β-unsaturated/α-hetero) is 1. The van der Waals surface area contributed by atoms with Crippen LogP contribution < -0.4 is 36.5 Å². The van der Waals surface area contributed by atoms with Crippen molar-refractivity contribution in [3.8, 4) is 11.5 Å². The van der Waals surface area contributed by atoms with E-state index < -0.39 is 42.1 Å². The van der Waals surface area contributed by atoms with Crippen molar-refractivity contribution in [3.63, 3.8) is 0 Å². The van der Waals surface area contributed by atoms with Crippen LogP contribution in [-0.4, -0.2) is 162 Å². The van der Waals surface area contributed by atoms with Crippen LogP contribution in [0.2, 0.25) is 0 Å². The first-order valence-electron chi connectivity index (χ1n) is 35.9. The smallest absolute Gasteiger partial charge is 0.471 e. The number of ether oxygens (including phenoxy) is 2. The lowest BCUT2D eigenvalue weighted by molar-refractivity contribution is -0.186. The second-order valence-corrected chi connectivity index (χ2v) is 27.3. The van der Waals surface area contributed by atoms with E-state index in [1.54, 1.807) is 53.4 Å². The van der Waals surface area contributed by atoms with Crippen LogP contribution in [0.5, 0.6) is 11.5 Å². The van der Waals surface area contributed by atoms with Crippen molar-refractivity contribution in [1.82, 2.24) is 45.8 Å². The largest absolute Gasteiger partial charge is 0.493 e. The summed E-state index contributed by atoms with van der Waals surface area (Å²) >= 11 is 0. The normalized spacial score (nSPS) is 15.2. The maximum Gasteiger partial charge on any atom is 0.471 e. The summed E-state index contributed by atoms with van der Waals surface area (Å²) in [6, 6.07) is 38.8. The lowest BCUT2D eigenvalue weighted by atomic mass is 10.0. The zero-order valence-electron chi connectivity index (χ0n) is 61.2. The van der Waals surface area contributed by atoms with Gasteiger partial charge in [-0.1, -0.05) is 100 Å². The van der Waals surface area contributed by atoms with Gasteiger partial charge in [0.15, 0.2) is 0 Å². The van der Waals surface area contributed by atoms with Gasteiger partial charge in [-0.05, 0) is 170 Å². The summed E-state index contributed by atoms with van der Waals surface area (Å²) in [7, 11) is 0. The molecule has 6 N–H and O–H groups in total. The molecule has 0 aromatic heterocycles. The van der Waals surface area contributed by atoms with Gasteiger partial charge >= 0.3 is 48.3 Å². The van der Waals surface area contributed by atoms with E-state index in [9.17, 15) is 85.8 Å². The first-order chi connectivity index (χ1) is 51.6. The Labute approximate surface area is 626 Å². The minimum absolute atomic E-state index is 0.0296. The molecule has 0 bridgehead atoms. The Morgan fingerprint density at radius 3 is 1.08 bits per heavy atom. The number of alkyl halides is 9. The van der Waals surface area contributed by atoms with Crippen molar-refractivity contribution in [2.45, 2.75) is 155 Å². The summed E-state index contributed by atoms with van der Waals surface area (Å²) in [6.07, 6.45) is -11.3. The Kier molecular flexibility index (Phi) is 35.4. The maximum atomic E-state index is 13.3. The molecule has 596 valence electrons.